The smallest absolute Gasteiger partial charge is 0.227 e. The van der Waals surface area contributed by atoms with Crippen LogP contribution in [-0.2, 0) is 0 Å². The lowest BCUT2D eigenvalue weighted by atomic mass is 10.1. The molecule has 1 aromatic carbocycles. The predicted octanol–water partition coefficient (Wildman–Crippen LogP) is 3.95. The normalized spacial score (nSPS) is 13.9. The second-order valence-electron chi connectivity index (χ2n) is 6.00. The standard InChI is InChI=1S/C18H24N4/c1-3-4-12-22(2)18-20-16(14-8-6-5-7-9-14)13-17(21-18)19-15-10-11-15/h5-9,13,15H,3-4,10-12H2,1-2H3,(H,19,20,21). The van der Waals surface area contributed by atoms with Gasteiger partial charge in [-0.1, -0.05) is 43.7 Å². The summed E-state index contributed by atoms with van der Waals surface area (Å²) in [4.78, 5) is 11.6. The Morgan fingerprint density at radius 1 is 1.18 bits per heavy atom. The van der Waals surface area contributed by atoms with Gasteiger partial charge in [0.05, 0.1) is 5.69 Å². The molecule has 116 valence electrons. The summed E-state index contributed by atoms with van der Waals surface area (Å²) in [6.07, 6.45) is 4.81. The molecular formula is C18H24N4. The minimum atomic E-state index is 0.590. The molecule has 1 aromatic heterocycles. The van der Waals surface area contributed by atoms with Crippen LogP contribution < -0.4 is 10.2 Å². The van der Waals surface area contributed by atoms with Crippen LogP contribution in [0.5, 0.6) is 0 Å². The Kier molecular flexibility index (Phi) is 4.56. The topological polar surface area (TPSA) is 41.1 Å². The Bertz CT molecular complexity index is 608. The Morgan fingerprint density at radius 2 is 1.95 bits per heavy atom. The first-order valence-electron chi connectivity index (χ1n) is 8.18. The number of nitrogens with zero attached hydrogens (tertiary/aromatic N) is 3. The molecule has 22 heavy (non-hydrogen) atoms. The van der Waals surface area contributed by atoms with Gasteiger partial charge in [0, 0.05) is 31.3 Å². The summed E-state index contributed by atoms with van der Waals surface area (Å²) in [5, 5.41) is 3.50. The number of unbranched alkanes of at least 4 members (excludes halogenated alkanes) is 1. The largest absolute Gasteiger partial charge is 0.367 e. The molecule has 0 atom stereocenters. The van der Waals surface area contributed by atoms with Gasteiger partial charge in [-0.05, 0) is 19.3 Å². The highest BCUT2D eigenvalue weighted by molar-refractivity contribution is 5.64. The van der Waals surface area contributed by atoms with Gasteiger partial charge in [-0.25, -0.2) is 4.98 Å². The lowest BCUT2D eigenvalue weighted by Crippen LogP contribution is -2.21. The molecule has 0 radical (unpaired) electrons. The van der Waals surface area contributed by atoms with Crippen molar-refractivity contribution in [1.82, 2.24) is 9.97 Å². The molecule has 0 amide bonds. The summed E-state index contributed by atoms with van der Waals surface area (Å²) in [5.41, 5.74) is 2.12. The van der Waals surface area contributed by atoms with E-state index in [2.05, 4.69) is 42.4 Å². The van der Waals surface area contributed by atoms with Crippen LogP contribution in [0.4, 0.5) is 11.8 Å². The third kappa shape index (κ3) is 3.75. The molecule has 2 aromatic rings. The van der Waals surface area contributed by atoms with E-state index in [-0.39, 0.29) is 0 Å². The van der Waals surface area contributed by atoms with Crippen LogP contribution in [0.25, 0.3) is 11.3 Å². The summed E-state index contributed by atoms with van der Waals surface area (Å²) in [6.45, 7) is 3.19. The average molecular weight is 296 g/mol. The van der Waals surface area contributed by atoms with E-state index in [0.717, 1.165) is 36.0 Å². The fourth-order valence-electron chi connectivity index (χ4n) is 2.37. The molecule has 4 nitrogen and oxygen atoms in total. The lowest BCUT2D eigenvalue weighted by molar-refractivity contribution is 0.750. The van der Waals surface area contributed by atoms with Crippen molar-refractivity contribution in [1.29, 1.82) is 0 Å². The maximum absolute atomic E-state index is 4.76. The van der Waals surface area contributed by atoms with E-state index in [0.29, 0.717) is 6.04 Å². The highest BCUT2D eigenvalue weighted by Crippen LogP contribution is 2.27. The maximum atomic E-state index is 4.76. The third-order valence-electron chi connectivity index (χ3n) is 3.90. The van der Waals surface area contributed by atoms with Gasteiger partial charge in [0.15, 0.2) is 0 Å². The average Bonchev–Trinajstić information content (AvgIpc) is 3.37. The second-order valence-corrected chi connectivity index (χ2v) is 6.00. The lowest BCUT2D eigenvalue weighted by Gasteiger charge is -2.18. The predicted molar refractivity (Wildman–Crippen MR) is 92.3 cm³/mol. The van der Waals surface area contributed by atoms with Crippen LogP contribution in [0.2, 0.25) is 0 Å². The van der Waals surface area contributed by atoms with Crippen molar-refractivity contribution in [3.63, 3.8) is 0 Å². The Balaban J connectivity index is 1.90. The Morgan fingerprint density at radius 3 is 2.64 bits per heavy atom. The van der Waals surface area contributed by atoms with Gasteiger partial charge >= 0.3 is 0 Å². The number of nitrogens with one attached hydrogen (secondary N) is 1. The summed E-state index contributed by atoms with van der Waals surface area (Å²) in [7, 11) is 2.07. The van der Waals surface area contributed by atoms with Gasteiger partial charge in [0.1, 0.15) is 5.82 Å². The molecule has 4 heteroatoms. The van der Waals surface area contributed by atoms with Crippen LogP contribution in [0.15, 0.2) is 36.4 Å². The van der Waals surface area contributed by atoms with Gasteiger partial charge in [-0.15, -0.1) is 0 Å². The zero-order chi connectivity index (χ0) is 15.4. The molecule has 1 aliphatic rings. The maximum Gasteiger partial charge on any atom is 0.227 e. The van der Waals surface area contributed by atoms with Gasteiger partial charge in [-0.3, -0.25) is 0 Å². The van der Waals surface area contributed by atoms with Gasteiger partial charge < -0.3 is 10.2 Å². The zero-order valence-electron chi connectivity index (χ0n) is 13.4. The minimum Gasteiger partial charge on any atom is -0.367 e. The van der Waals surface area contributed by atoms with Gasteiger partial charge in [-0.2, -0.15) is 4.98 Å². The molecule has 0 spiro atoms. The number of anilines is 2. The van der Waals surface area contributed by atoms with Crippen molar-refractivity contribution >= 4 is 11.8 Å². The number of aromatic nitrogens is 2. The van der Waals surface area contributed by atoms with E-state index in [1.807, 2.05) is 18.2 Å². The van der Waals surface area contributed by atoms with E-state index in [1.165, 1.54) is 19.3 Å². The molecule has 1 aliphatic carbocycles. The van der Waals surface area contributed by atoms with Crippen molar-refractivity contribution in [2.45, 2.75) is 38.6 Å². The molecule has 0 saturated heterocycles. The monoisotopic (exact) mass is 296 g/mol. The second kappa shape index (κ2) is 6.77. The quantitative estimate of drug-likeness (QED) is 0.840. The third-order valence-corrected chi connectivity index (χ3v) is 3.90. The van der Waals surface area contributed by atoms with Crippen LogP contribution in [0.3, 0.4) is 0 Å². The van der Waals surface area contributed by atoms with E-state index < -0.39 is 0 Å². The zero-order valence-corrected chi connectivity index (χ0v) is 13.4. The highest BCUT2D eigenvalue weighted by Gasteiger charge is 2.22. The Labute approximate surface area is 132 Å². The number of rotatable bonds is 7. The number of benzene rings is 1. The Hall–Kier alpha value is -2.10. The molecule has 1 N–H and O–H groups in total. The molecule has 3 rings (SSSR count). The van der Waals surface area contributed by atoms with Crippen LogP contribution in [0, 0.1) is 0 Å². The summed E-state index contributed by atoms with van der Waals surface area (Å²) < 4.78 is 0. The first-order valence-corrected chi connectivity index (χ1v) is 8.18. The molecule has 0 unspecified atom stereocenters. The van der Waals surface area contributed by atoms with E-state index >= 15 is 0 Å². The van der Waals surface area contributed by atoms with E-state index in [4.69, 9.17) is 9.97 Å². The minimum absolute atomic E-state index is 0.590. The molecule has 1 heterocycles. The summed E-state index contributed by atoms with van der Waals surface area (Å²) in [6, 6.07) is 13.0. The molecule has 1 fully saturated rings. The fourth-order valence-corrected chi connectivity index (χ4v) is 2.37. The molecular weight excluding hydrogens is 272 g/mol. The van der Waals surface area contributed by atoms with Crippen molar-refractivity contribution in [3.05, 3.63) is 36.4 Å². The fraction of sp³-hybridized carbons (Fsp3) is 0.444. The summed E-state index contributed by atoms with van der Waals surface area (Å²) in [5.74, 6) is 1.74. The van der Waals surface area contributed by atoms with Gasteiger partial charge in [0.2, 0.25) is 5.95 Å². The van der Waals surface area contributed by atoms with Crippen LogP contribution >= 0.6 is 0 Å². The first-order chi connectivity index (χ1) is 10.8. The number of hydrogen-bond donors (Lipinski definition) is 1. The highest BCUT2D eigenvalue weighted by atomic mass is 15.2. The van der Waals surface area contributed by atoms with Crippen molar-refractivity contribution < 1.29 is 0 Å². The van der Waals surface area contributed by atoms with Gasteiger partial charge in [0.25, 0.3) is 0 Å². The van der Waals surface area contributed by atoms with Crippen LogP contribution in [0.1, 0.15) is 32.6 Å². The van der Waals surface area contributed by atoms with E-state index in [9.17, 15) is 0 Å². The summed E-state index contributed by atoms with van der Waals surface area (Å²) >= 11 is 0. The van der Waals surface area contributed by atoms with E-state index in [1.54, 1.807) is 0 Å². The van der Waals surface area contributed by atoms with Crippen molar-refractivity contribution in [2.75, 3.05) is 23.8 Å². The van der Waals surface area contributed by atoms with Crippen LogP contribution in [-0.4, -0.2) is 29.6 Å². The number of hydrogen-bond acceptors (Lipinski definition) is 4. The van der Waals surface area contributed by atoms with Crippen molar-refractivity contribution in [3.8, 4) is 11.3 Å². The molecule has 0 bridgehead atoms. The first kappa shape index (κ1) is 14.8. The SMILES string of the molecule is CCCCN(C)c1nc(NC2CC2)cc(-c2ccccc2)n1. The molecule has 0 aliphatic heterocycles. The molecule has 1 saturated carbocycles. The van der Waals surface area contributed by atoms with Crippen molar-refractivity contribution in [2.24, 2.45) is 0 Å².